The Labute approximate surface area is 123 Å². The minimum Gasteiger partial charge on any atom is -0.370 e. The van der Waals surface area contributed by atoms with E-state index in [4.69, 9.17) is 5.73 Å². The Morgan fingerprint density at radius 2 is 1.67 bits per heavy atom. The Hall–Kier alpha value is -2.09. The second kappa shape index (κ2) is 8.25. The number of sulfone groups is 1. The molecule has 0 unspecified atom stereocenters. The van der Waals surface area contributed by atoms with Gasteiger partial charge in [0.15, 0.2) is 9.84 Å². The second-order valence-electron chi connectivity index (χ2n) is 4.38. The Balaban J connectivity index is 2.27. The fourth-order valence-corrected chi connectivity index (χ4v) is 2.75. The quantitative estimate of drug-likeness (QED) is 0.586. The van der Waals surface area contributed by atoms with Crippen molar-refractivity contribution in [3.8, 4) is 0 Å². The molecule has 1 aromatic rings. The summed E-state index contributed by atoms with van der Waals surface area (Å²) in [4.78, 5) is 22.1. The average Bonchev–Trinajstić information content (AvgIpc) is 2.44. The molecule has 0 fully saturated rings. The van der Waals surface area contributed by atoms with Gasteiger partial charge in [0.05, 0.1) is 10.6 Å². The molecule has 0 aliphatic carbocycles. The molecule has 0 saturated heterocycles. The number of rotatable bonds is 8. The van der Waals surface area contributed by atoms with Crippen LogP contribution in [-0.4, -0.2) is 39.2 Å². The van der Waals surface area contributed by atoms with Gasteiger partial charge in [0, 0.05) is 19.5 Å². The number of urea groups is 1. The van der Waals surface area contributed by atoms with E-state index in [0.29, 0.717) is 13.0 Å². The average molecular weight is 313 g/mol. The number of carbonyl (C=O) groups excluding carboxylic acids is 2. The van der Waals surface area contributed by atoms with Gasteiger partial charge in [-0.1, -0.05) is 18.2 Å². The summed E-state index contributed by atoms with van der Waals surface area (Å²) in [7, 11) is -3.40. The summed E-state index contributed by atoms with van der Waals surface area (Å²) in [6.45, 7) is 0.319. The van der Waals surface area contributed by atoms with Gasteiger partial charge in [-0.25, -0.2) is 13.2 Å². The summed E-state index contributed by atoms with van der Waals surface area (Å²) in [5.74, 6) is -0.600. The molecule has 4 N–H and O–H groups in total. The predicted molar refractivity (Wildman–Crippen MR) is 78.3 cm³/mol. The van der Waals surface area contributed by atoms with Gasteiger partial charge in [0.1, 0.15) is 0 Å². The Morgan fingerprint density at radius 1 is 1.05 bits per heavy atom. The number of carbonyl (C=O) groups is 2. The summed E-state index contributed by atoms with van der Waals surface area (Å²) in [5, 5.41) is 4.96. The topological polar surface area (TPSA) is 118 Å². The summed E-state index contributed by atoms with van der Waals surface area (Å²) >= 11 is 0. The van der Waals surface area contributed by atoms with Gasteiger partial charge < -0.3 is 16.4 Å². The van der Waals surface area contributed by atoms with Crippen molar-refractivity contribution in [2.75, 3.05) is 18.8 Å². The van der Waals surface area contributed by atoms with Crippen LogP contribution in [0.4, 0.5) is 4.79 Å². The van der Waals surface area contributed by atoms with Crippen LogP contribution in [0.25, 0.3) is 0 Å². The van der Waals surface area contributed by atoms with Gasteiger partial charge >= 0.3 is 6.03 Å². The highest BCUT2D eigenvalue weighted by Gasteiger charge is 2.13. The molecule has 116 valence electrons. The third kappa shape index (κ3) is 6.75. The van der Waals surface area contributed by atoms with Crippen LogP contribution in [0.15, 0.2) is 35.2 Å². The molecule has 0 atom stereocenters. The number of benzene rings is 1. The highest BCUT2D eigenvalue weighted by atomic mass is 32.2. The van der Waals surface area contributed by atoms with Crippen molar-refractivity contribution in [3.63, 3.8) is 0 Å². The smallest absolute Gasteiger partial charge is 0.314 e. The zero-order chi connectivity index (χ0) is 15.7. The molecule has 21 heavy (non-hydrogen) atoms. The van der Waals surface area contributed by atoms with E-state index in [0.717, 1.165) is 0 Å². The van der Waals surface area contributed by atoms with E-state index in [1.54, 1.807) is 18.2 Å². The fourth-order valence-electron chi connectivity index (χ4n) is 1.57. The number of primary amides is 1. The lowest BCUT2D eigenvalue weighted by Gasteiger charge is -2.08. The molecule has 0 spiro atoms. The van der Waals surface area contributed by atoms with Crippen LogP contribution >= 0.6 is 0 Å². The van der Waals surface area contributed by atoms with E-state index >= 15 is 0 Å². The lowest BCUT2D eigenvalue weighted by Crippen LogP contribution is -2.38. The number of nitrogens with two attached hydrogens (primary N) is 1. The number of nitrogens with one attached hydrogen (secondary N) is 2. The molecule has 0 bridgehead atoms. The van der Waals surface area contributed by atoms with E-state index in [2.05, 4.69) is 10.6 Å². The molecule has 0 aliphatic rings. The summed E-state index contributed by atoms with van der Waals surface area (Å²) in [6, 6.07) is 7.58. The Bertz CT molecular complexity index is 572. The van der Waals surface area contributed by atoms with Crippen molar-refractivity contribution < 1.29 is 18.0 Å². The summed E-state index contributed by atoms with van der Waals surface area (Å²) in [6.07, 6.45) is 0.647. The molecule has 0 heterocycles. The van der Waals surface area contributed by atoms with Gasteiger partial charge in [-0.3, -0.25) is 4.79 Å². The first-order chi connectivity index (χ1) is 9.92. The van der Waals surface area contributed by atoms with E-state index < -0.39 is 21.8 Å². The van der Waals surface area contributed by atoms with E-state index in [-0.39, 0.29) is 23.6 Å². The normalized spacial score (nSPS) is 10.9. The van der Waals surface area contributed by atoms with Crippen molar-refractivity contribution in [1.82, 2.24) is 10.6 Å². The first kappa shape index (κ1) is 17.0. The van der Waals surface area contributed by atoms with E-state index in [1.165, 1.54) is 12.1 Å². The summed E-state index contributed by atoms with van der Waals surface area (Å²) < 4.78 is 23.9. The van der Waals surface area contributed by atoms with Gasteiger partial charge in [-0.05, 0) is 18.6 Å². The molecule has 0 saturated carbocycles. The Kier molecular flexibility index (Phi) is 6.67. The maximum absolute atomic E-state index is 11.9. The van der Waals surface area contributed by atoms with E-state index in [9.17, 15) is 18.0 Å². The zero-order valence-corrected chi connectivity index (χ0v) is 12.4. The highest BCUT2D eigenvalue weighted by Crippen LogP contribution is 2.09. The van der Waals surface area contributed by atoms with Crippen molar-refractivity contribution in [2.24, 2.45) is 5.73 Å². The van der Waals surface area contributed by atoms with Crippen LogP contribution in [0, 0.1) is 0 Å². The number of amides is 3. The van der Waals surface area contributed by atoms with Crippen molar-refractivity contribution in [1.29, 1.82) is 0 Å². The minimum absolute atomic E-state index is 0.0128. The van der Waals surface area contributed by atoms with Crippen LogP contribution < -0.4 is 16.4 Å². The van der Waals surface area contributed by atoms with Crippen molar-refractivity contribution in [2.45, 2.75) is 17.7 Å². The third-order valence-corrected chi connectivity index (χ3v) is 4.38. The SMILES string of the molecule is NC(=O)CCCNC(=O)NCCS(=O)(=O)c1ccccc1. The van der Waals surface area contributed by atoms with Crippen LogP contribution in [0.5, 0.6) is 0 Å². The molecule has 0 radical (unpaired) electrons. The maximum Gasteiger partial charge on any atom is 0.314 e. The van der Waals surface area contributed by atoms with Crippen LogP contribution in [0.1, 0.15) is 12.8 Å². The van der Waals surface area contributed by atoms with Crippen molar-refractivity contribution in [3.05, 3.63) is 30.3 Å². The van der Waals surface area contributed by atoms with Gasteiger partial charge in [-0.15, -0.1) is 0 Å². The molecule has 1 aromatic carbocycles. The Morgan fingerprint density at radius 3 is 2.29 bits per heavy atom. The predicted octanol–water partition coefficient (Wildman–Crippen LogP) is 0.0250. The zero-order valence-electron chi connectivity index (χ0n) is 11.5. The minimum atomic E-state index is -3.40. The lowest BCUT2D eigenvalue weighted by molar-refractivity contribution is -0.118. The molecule has 7 nitrogen and oxygen atoms in total. The largest absolute Gasteiger partial charge is 0.370 e. The second-order valence-corrected chi connectivity index (χ2v) is 6.49. The summed E-state index contributed by atoms with van der Waals surface area (Å²) in [5.41, 5.74) is 4.96. The number of hydrogen-bond acceptors (Lipinski definition) is 4. The lowest BCUT2D eigenvalue weighted by atomic mass is 10.3. The highest BCUT2D eigenvalue weighted by molar-refractivity contribution is 7.91. The molecular weight excluding hydrogens is 294 g/mol. The van der Waals surface area contributed by atoms with Crippen LogP contribution in [0.2, 0.25) is 0 Å². The standard InChI is InChI=1S/C13H19N3O4S/c14-12(17)7-4-8-15-13(18)16-9-10-21(19,20)11-5-2-1-3-6-11/h1-3,5-6H,4,7-10H2,(H2,14,17)(H2,15,16,18). The van der Waals surface area contributed by atoms with Crippen molar-refractivity contribution >= 4 is 21.8 Å². The van der Waals surface area contributed by atoms with Crippen LogP contribution in [-0.2, 0) is 14.6 Å². The molecule has 3 amide bonds. The molecular formula is C13H19N3O4S. The molecule has 0 aromatic heterocycles. The molecule has 0 aliphatic heterocycles. The maximum atomic E-state index is 11.9. The first-order valence-corrected chi connectivity index (χ1v) is 8.15. The third-order valence-electron chi connectivity index (χ3n) is 2.64. The molecule has 8 heteroatoms. The monoisotopic (exact) mass is 313 g/mol. The van der Waals surface area contributed by atoms with E-state index in [1.807, 2.05) is 0 Å². The number of hydrogen-bond donors (Lipinski definition) is 3. The first-order valence-electron chi connectivity index (χ1n) is 6.49. The van der Waals surface area contributed by atoms with Gasteiger partial charge in [-0.2, -0.15) is 0 Å². The van der Waals surface area contributed by atoms with Gasteiger partial charge in [0.2, 0.25) is 5.91 Å². The molecule has 1 rings (SSSR count). The van der Waals surface area contributed by atoms with Gasteiger partial charge in [0.25, 0.3) is 0 Å². The fraction of sp³-hybridized carbons (Fsp3) is 0.385. The van der Waals surface area contributed by atoms with Crippen LogP contribution in [0.3, 0.4) is 0 Å².